The van der Waals surface area contributed by atoms with Gasteiger partial charge in [-0.15, -0.1) is 0 Å². The Bertz CT molecular complexity index is 385. The first-order valence-corrected chi connectivity index (χ1v) is 6.38. The molecule has 0 spiro atoms. The number of aliphatic carboxylic acids is 1. The van der Waals surface area contributed by atoms with Crippen molar-refractivity contribution in [3.63, 3.8) is 0 Å². The van der Waals surface area contributed by atoms with Gasteiger partial charge >= 0.3 is 12.0 Å². The summed E-state index contributed by atoms with van der Waals surface area (Å²) in [6.07, 6.45) is 1.01. The lowest BCUT2D eigenvalue weighted by molar-refractivity contribution is -0.148. The average Bonchev–Trinajstić information content (AvgIpc) is 2.73. The summed E-state index contributed by atoms with van der Waals surface area (Å²) >= 11 is 0. The van der Waals surface area contributed by atoms with Crippen LogP contribution in [0, 0.1) is 5.41 Å². The average molecular weight is 271 g/mol. The highest BCUT2D eigenvalue weighted by atomic mass is 16.4. The van der Waals surface area contributed by atoms with Crippen molar-refractivity contribution < 1.29 is 19.5 Å². The molecule has 0 saturated carbocycles. The Morgan fingerprint density at radius 3 is 2.53 bits per heavy atom. The van der Waals surface area contributed by atoms with Gasteiger partial charge in [-0.1, -0.05) is 6.92 Å². The first kappa shape index (κ1) is 15.3. The fraction of sp³-hybridized carbons (Fsp3) is 0.750. The normalized spacial score (nSPS) is 24.0. The van der Waals surface area contributed by atoms with Crippen LogP contribution in [0.4, 0.5) is 4.79 Å². The minimum atomic E-state index is -0.865. The Balaban J connectivity index is 2.57. The lowest BCUT2D eigenvalue weighted by Gasteiger charge is -2.24. The summed E-state index contributed by atoms with van der Waals surface area (Å²) in [5.74, 6) is -1.35. The Morgan fingerprint density at radius 1 is 1.47 bits per heavy atom. The van der Waals surface area contributed by atoms with Crippen LogP contribution in [0.15, 0.2) is 0 Å². The third-order valence-corrected chi connectivity index (χ3v) is 3.65. The molecule has 0 aromatic rings. The molecule has 19 heavy (non-hydrogen) atoms. The lowest BCUT2D eigenvalue weighted by atomic mass is 9.84. The molecule has 1 fully saturated rings. The summed E-state index contributed by atoms with van der Waals surface area (Å²) < 4.78 is 0. The van der Waals surface area contributed by atoms with Gasteiger partial charge in [0, 0.05) is 25.6 Å². The maximum atomic E-state index is 11.9. The number of primary amides is 1. The third kappa shape index (κ3) is 3.59. The fourth-order valence-electron chi connectivity index (χ4n) is 2.32. The molecule has 2 unspecified atom stereocenters. The highest BCUT2D eigenvalue weighted by molar-refractivity contribution is 5.80. The van der Waals surface area contributed by atoms with Crippen molar-refractivity contribution in [3.8, 4) is 0 Å². The Morgan fingerprint density at radius 2 is 2.11 bits per heavy atom. The second-order valence-electron chi connectivity index (χ2n) is 5.13. The summed E-state index contributed by atoms with van der Waals surface area (Å²) in [6.45, 7) is 4.11. The predicted octanol–water partition coefficient (Wildman–Crippen LogP) is 0.147. The zero-order chi connectivity index (χ0) is 14.6. The van der Waals surface area contributed by atoms with Crippen LogP contribution < -0.4 is 11.1 Å². The van der Waals surface area contributed by atoms with E-state index in [9.17, 15) is 19.5 Å². The second kappa shape index (κ2) is 5.90. The molecule has 3 amide bonds. The van der Waals surface area contributed by atoms with Crippen LogP contribution in [0.1, 0.15) is 33.1 Å². The zero-order valence-corrected chi connectivity index (χ0v) is 11.3. The number of hydrogen-bond acceptors (Lipinski definition) is 3. The highest BCUT2D eigenvalue weighted by Gasteiger charge is 2.44. The molecule has 0 bridgehead atoms. The second-order valence-corrected chi connectivity index (χ2v) is 5.13. The molecule has 4 N–H and O–H groups in total. The largest absolute Gasteiger partial charge is 0.481 e. The SMILES string of the molecule is CCC1(C(=O)O)CCN(C(=O)NC(C)CC(N)=O)C1. The molecule has 1 saturated heterocycles. The number of nitrogens with two attached hydrogens (primary N) is 1. The number of nitrogens with zero attached hydrogens (tertiary/aromatic N) is 1. The molecule has 1 rings (SSSR count). The number of carboxylic acid groups (broad SMARTS) is 1. The van der Waals surface area contributed by atoms with Crippen LogP contribution in [0.3, 0.4) is 0 Å². The molecule has 7 heteroatoms. The van der Waals surface area contributed by atoms with E-state index in [-0.39, 0.29) is 25.0 Å². The first-order valence-electron chi connectivity index (χ1n) is 6.38. The Labute approximate surface area is 112 Å². The molecule has 0 aliphatic carbocycles. The molecule has 1 aliphatic heterocycles. The van der Waals surface area contributed by atoms with Crippen molar-refractivity contribution >= 4 is 17.9 Å². The first-order chi connectivity index (χ1) is 8.80. The van der Waals surface area contributed by atoms with Gasteiger partial charge < -0.3 is 21.1 Å². The van der Waals surface area contributed by atoms with E-state index in [1.807, 2.05) is 6.92 Å². The van der Waals surface area contributed by atoms with Gasteiger partial charge in [0.25, 0.3) is 0 Å². The van der Waals surface area contributed by atoms with E-state index in [1.165, 1.54) is 4.90 Å². The van der Waals surface area contributed by atoms with E-state index < -0.39 is 17.3 Å². The number of likely N-dealkylation sites (tertiary alicyclic amines) is 1. The number of rotatable bonds is 5. The Hall–Kier alpha value is -1.79. The molecule has 0 aromatic heterocycles. The minimum absolute atomic E-state index is 0.0669. The predicted molar refractivity (Wildman–Crippen MR) is 68.4 cm³/mol. The topological polar surface area (TPSA) is 113 Å². The van der Waals surface area contributed by atoms with Crippen LogP contribution in [-0.2, 0) is 9.59 Å². The molecule has 2 atom stereocenters. The molecular weight excluding hydrogens is 250 g/mol. The van der Waals surface area contributed by atoms with E-state index in [0.717, 1.165) is 0 Å². The summed E-state index contributed by atoms with van der Waals surface area (Å²) in [5.41, 5.74) is 4.20. The van der Waals surface area contributed by atoms with E-state index in [0.29, 0.717) is 19.4 Å². The van der Waals surface area contributed by atoms with E-state index in [1.54, 1.807) is 6.92 Å². The maximum Gasteiger partial charge on any atom is 0.317 e. The van der Waals surface area contributed by atoms with Crippen LogP contribution in [0.2, 0.25) is 0 Å². The minimum Gasteiger partial charge on any atom is -0.481 e. The highest BCUT2D eigenvalue weighted by Crippen LogP contribution is 2.34. The van der Waals surface area contributed by atoms with Gasteiger partial charge in [-0.3, -0.25) is 9.59 Å². The third-order valence-electron chi connectivity index (χ3n) is 3.65. The van der Waals surface area contributed by atoms with Gasteiger partial charge in [-0.2, -0.15) is 0 Å². The quantitative estimate of drug-likeness (QED) is 0.660. The summed E-state index contributed by atoms with van der Waals surface area (Å²) in [6, 6.07) is -0.697. The van der Waals surface area contributed by atoms with Crippen molar-refractivity contribution in [1.82, 2.24) is 10.2 Å². The van der Waals surface area contributed by atoms with Gasteiger partial charge in [0.05, 0.1) is 5.41 Å². The maximum absolute atomic E-state index is 11.9. The van der Waals surface area contributed by atoms with Gasteiger partial charge in [-0.25, -0.2) is 4.79 Å². The van der Waals surface area contributed by atoms with Crippen LogP contribution in [0.5, 0.6) is 0 Å². The van der Waals surface area contributed by atoms with Crippen molar-refractivity contribution in [2.24, 2.45) is 11.1 Å². The van der Waals surface area contributed by atoms with Crippen molar-refractivity contribution in [2.45, 2.75) is 39.2 Å². The lowest BCUT2D eigenvalue weighted by Crippen LogP contribution is -2.45. The summed E-state index contributed by atoms with van der Waals surface area (Å²) in [7, 11) is 0. The number of amides is 3. The molecule has 0 radical (unpaired) electrons. The monoisotopic (exact) mass is 271 g/mol. The molecule has 108 valence electrons. The van der Waals surface area contributed by atoms with Crippen molar-refractivity contribution in [2.75, 3.05) is 13.1 Å². The summed E-state index contributed by atoms with van der Waals surface area (Å²) in [4.78, 5) is 35.4. The van der Waals surface area contributed by atoms with Gasteiger partial charge in [0.1, 0.15) is 0 Å². The fourth-order valence-corrected chi connectivity index (χ4v) is 2.32. The van der Waals surface area contributed by atoms with E-state index in [4.69, 9.17) is 5.73 Å². The van der Waals surface area contributed by atoms with E-state index in [2.05, 4.69) is 5.32 Å². The van der Waals surface area contributed by atoms with Crippen molar-refractivity contribution in [1.29, 1.82) is 0 Å². The van der Waals surface area contributed by atoms with Gasteiger partial charge in [0.15, 0.2) is 0 Å². The molecular formula is C12H21N3O4. The van der Waals surface area contributed by atoms with Crippen LogP contribution in [0.25, 0.3) is 0 Å². The van der Waals surface area contributed by atoms with Gasteiger partial charge in [-0.05, 0) is 19.8 Å². The van der Waals surface area contributed by atoms with Crippen molar-refractivity contribution in [3.05, 3.63) is 0 Å². The molecule has 1 aliphatic rings. The molecule has 7 nitrogen and oxygen atoms in total. The number of carboxylic acids is 1. The zero-order valence-electron chi connectivity index (χ0n) is 11.3. The Kier molecular flexibility index (Phi) is 4.74. The number of urea groups is 1. The summed E-state index contributed by atoms with van der Waals surface area (Å²) in [5, 5.41) is 11.9. The standard InChI is InChI=1S/C12H21N3O4/c1-3-12(10(17)18)4-5-15(7-12)11(19)14-8(2)6-9(13)16/h8H,3-7H2,1-2H3,(H2,13,16)(H,14,19)(H,17,18). The number of carbonyl (C=O) groups is 3. The smallest absolute Gasteiger partial charge is 0.317 e. The van der Waals surface area contributed by atoms with Crippen LogP contribution >= 0.6 is 0 Å². The van der Waals surface area contributed by atoms with Crippen LogP contribution in [-0.4, -0.2) is 47.0 Å². The number of hydrogen-bond donors (Lipinski definition) is 3. The molecule has 0 aromatic carbocycles. The molecule has 1 heterocycles. The number of nitrogens with one attached hydrogen (secondary N) is 1. The van der Waals surface area contributed by atoms with Gasteiger partial charge in [0.2, 0.25) is 5.91 Å². The number of carbonyl (C=O) groups excluding carboxylic acids is 2. The van der Waals surface area contributed by atoms with E-state index >= 15 is 0 Å².